The fourth-order valence-electron chi connectivity index (χ4n) is 6.58. The smallest absolute Gasteiger partial charge is 0.308 e. The van der Waals surface area contributed by atoms with E-state index in [9.17, 15) is 18.4 Å². The van der Waals surface area contributed by atoms with Gasteiger partial charge in [0, 0.05) is 42.0 Å². The molecule has 3 aromatic rings. The number of halogens is 3. The number of hydrogen-bond acceptors (Lipinski definition) is 7. The van der Waals surface area contributed by atoms with Gasteiger partial charge >= 0.3 is 5.97 Å². The maximum absolute atomic E-state index is 14.5. The van der Waals surface area contributed by atoms with Gasteiger partial charge in [-0.25, -0.2) is 13.8 Å². The molecule has 1 aromatic heterocycles. The number of aryl methyl sites for hydroxylation is 1. The lowest BCUT2D eigenvalue weighted by Gasteiger charge is -2.32. The Labute approximate surface area is 284 Å². The van der Waals surface area contributed by atoms with Crippen LogP contribution in [-0.2, 0) is 27.3 Å². The molecule has 11 heteroatoms. The zero-order valence-corrected chi connectivity index (χ0v) is 28.0. The highest BCUT2D eigenvalue weighted by Gasteiger charge is 2.42. The van der Waals surface area contributed by atoms with E-state index in [4.69, 9.17) is 25.8 Å². The van der Waals surface area contributed by atoms with E-state index >= 15 is 0 Å². The lowest BCUT2D eigenvalue weighted by molar-refractivity contribution is -0.141. The first-order chi connectivity index (χ1) is 23.2. The van der Waals surface area contributed by atoms with Crippen molar-refractivity contribution in [2.24, 2.45) is 0 Å². The number of pyridine rings is 1. The largest absolute Gasteiger partial charge is 0.489 e. The maximum Gasteiger partial charge on any atom is 0.308 e. The zero-order chi connectivity index (χ0) is 33.8. The van der Waals surface area contributed by atoms with Crippen LogP contribution in [-0.4, -0.2) is 60.2 Å². The van der Waals surface area contributed by atoms with Gasteiger partial charge < -0.3 is 24.4 Å². The summed E-state index contributed by atoms with van der Waals surface area (Å²) >= 11 is 5.87. The number of ether oxygens (including phenoxy) is 3. The molecule has 254 valence electrons. The molecular weight excluding hydrogens is 640 g/mol. The minimum absolute atomic E-state index is 0.00937. The zero-order valence-electron chi connectivity index (χ0n) is 27.2. The SMILES string of the molecule is COC(=O)CCOc1nccc(CN(C(=O)C2=C(c3ccc(CCCOc4c(F)ccc(F)c4Cl)cc3)C[C@@H]3CCC2N3)C2CC2)c1C. The maximum atomic E-state index is 14.5. The van der Waals surface area contributed by atoms with Crippen LogP contribution in [0, 0.1) is 18.6 Å². The minimum Gasteiger partial charge on any atom is -0.489 e. The van der Waals surface area contributed by atoms with Gasteiger partial charge in [0.1, 0.15) is 17.4 Å². The average Bonchev–Trinajstić information content (AvgIpc) is 3.87. The summed E-state index contributed by atoms with van der Waals surface area (Å²) in [6.07, 6.45) is 7.76. The van der Waals surface area contributed by atoms with E-state index in [0.29, 0.717) is 31.3 Å². The van der Waals surface area contributed by atoms with E-state index in [1.165, 1.54) is 7.11 Å². The minimum atomic E-state index is -0.720. The number of carbonyl (C=O) groups excluding carboxylic acids is 2. The summed E-state index contributed by atoms with van der Waals surface area (Å²) < 4.78 is 43.7. The summed E-state index contributed by atoms with van der Waals surface area (Å²) in [5.74, 6) is -1.50. The number of fused-ring (bicyclic) bond motifs is 2. The number of methoxy groups -OCH3 is 1. The molecule has 1 saturated carbocycles. The number of nitrogens with zero attached hydrogens (tertiary/aromatic N) is 2. The van der Waals surface area contributed by atoms with Gasteiger partial charge in [-0.05, 0) is 92.3 Å². The third-order valence-electron chi connectivity index (χ3n) is 9.39. The van der Waals surface area contributed by atoms with E-state index in [-0.39, 0.29) is 54.4 Å². The van der Waals surface area contributed by atoms with Crippen molar-refractivity contribution in [3.05, 3.63) is 93.1 Å². The normalized spacial score (nSPS) is 18.5. The van der Waals surface area contributed by atoms with Crippen molar-refractivity contribution < 1.29 is 32.6 Å². The number of rotatable bonds is 14. The van der Waals surface area contributed by atoms with Crippen LogP contribution in [0.25, 0.3) is 5.57 Å². The summed E-state index contributed by atoms with van der Waals surface area (Å²) in [5.41, 5.74) is 5.89. The van der Waals surface area contributed by atoms with Crippen LogP contribution < -0.4 is 14.8 Å². The molecule has 0 radical (unpaired) electrons. The van der Waals surface area contributed by atoms with Crippen molar-refractivity contribution in [1.82, 2.24) is 15.2 Å². The molecule has 8 nitrogen and oxygen atoms in total. The highest BCUT2D eigenvalue weighted by atomic mass is 35.5. The van der Waals surface area contributed by atoms with Crippen LogP contribution in [0.15, 0.2) is 54.2 Å². The van der Waals surface area contributed by atoms with Gasteiger partial charge in [0.15, 0.2) is 11.6 Å². The van der Waals surface area contributed by atoms with Gasteiger partial charge in [0.05, 0.1) is 20.1 Å². The monoisotopic (exact) mass is 679 g/mol. The summed E-state index contributed by atoms with van der Waals surface area (Å²) in [7, 11) is 1.35. The number of amides is 1. The van der Waals surface area contributed by atoms with Crippen LogP contribution >= 0.6 is 11.6 Å². The molecule has 3 heterocycles. The Kier molecular flexibility index (Phi) is 10.6. The lowest BCUT2D eigenvalue weighted by atomic mass is 9.88. The van der Waals surface area contributed by atoms with E-state index in [0.717, 1.165) is 77.6 Å². The van der Waals surface area contributed by atoms with Gasteiger partial charge in [-0.2, -0.15) is 0 Å². The Balaban J connectivity index is 1.16. The second kappa shape index (κ2) is 15.0. The molecule has 2 aromatic carbocycles. The van der Waals surface area contributed by atoms with Gasteiger partial charge in [0.25, 0.3) is 5.91 Å². The molecule has 1 aliphatic carbocycles. The summed E-state index contributed by atoms with van der Waals surface area (Å²) in [4.78, 5) is 32.4. The molecule has 2 aliphatic heterocycles. The lowest BCUT2D eigenvalue weighted by Crippen LogP contribution is -2.44. The molecule has 1 amide bonds. The molecule has 2 atom stereocenters. The van der Waals surface area contributed by atoms with Crippen molar-refractivity contribution in [3.8, 4) is 11.6 Å². The van der Waals surface area contributed by atoms with Gasteiger partial charge in [-0.3, -0.25) is 9.59 Å². The number of benzene rings is 2. The average molecular weight is 680 g/mol. The third-order valence-corrected chi connectivity index (χ3v) is 9.74. The predicted octanol–water partition coefficient (Wildman–Crippen LogP) is 6.74. The molecule has 6 rings (SSSR count). The van der Waals surface area contributed by atoms with Crippen LogP contribution in [0.3, 0.4) is 0 Å². The first kappa shape index (κ1) is 33.9. The Morgan fingerprint density at radius 3 is 2.52 bits per heavy atom. The standard InChI is InChI=1S/C37H40ClF2N3O5/c1-22-25(15-17-41-36(22)48-19-16-32(44)46-2)21-43(27-10-11-27)37(45)33-28(20-26-9-14-31(33)42-26)24-7-5-23(6-8-24)4-3-18-47-35-30(40)13-12-29(39)34(35)38/h5-8,12-13,15,17,26-27,31,42H,3-4,9-11,14,16,18-21H2,1-2H3/t26-,31?/m0/s1. The highest BCUT2D eigenvalue weighted by molar-refractivity contribution is 6.32. The Morgan fingerprint density at radius 2 is 1.77 bits per heavy atom. The molecule has 2 bridgehead atoms. The van der Waals surface area contributed by atoms with Crippen molar-refractivity contribution >= 4 is 29.1 Å². The van der Waals surface area contributed by atoms with Crippen LogP contribution in [0.2, 0.25) is 5.02 Å². The Hall–Kier alpha value is -4.02. The summed E-state index contributed by atoms with van der Waals surface area (Å²) in [6, 6.07) is 12.7. The number of aromatic nitrogens is 1. The summed E-state index contributed by atoms with van der Waals surface area (Å²) in [5, 5.41) is 3.33. The molecule has 2 fully saturated rings. The molecule has 3 aliphatic rings. The van der Waals surface area contributed by atoms with E-state index in [2.05, 4.69) is 34.6 Å². The fourth-order valence-corrected chi connectivity index (χ4v) is 6.79. The number of esters is 1. The third kappa shape index (κ3) is 7.65. The first-order valence-electron chi connectivity index (χ1n) is 16.5. The molecule has 0 spiro atoms. The Bertz CT molecular complexity index is 1690. The van der Waals surface area contributed by atoms with E-state index < -0.39 is 11.6 Å². The van der Waals surface area contributed by atoms with Gasteiger partial charge in [-0.1, -0.05) is 35.9 Å². The van der Waals surface area contributed by atoms with Crippen LogP contribution in [0.5, 0.6) is 11.6 Å². The molecule has 1 N–H and O–H groups in total. The topological polar surface area (TPSA) is 90.0 Å². The molecule has 1 unspecified atom stereocenters. The van der Waals surface area contributed by atoms with Crippen LogP contribution in [0.4, 0.5) is 8.78 Å². The predicted molar refractivity (Wildman–Crippen MR) is 178 cm³/mol. The number of hydrogen-bond donors (Lipinski definition) is 1. The number of nitrogens with one attached hydrogen (secondary N) is 1. The van der Waals surface area contributed by atoms with Gasteiger partial charge in [-0.15, -0.1) is 0 Å². The second-order valence-electron chi connectivity index (χ2n) is 12.7. The second-order valence-corrected chi connectivity index (χ2v) is 13.0. The fraction of sp³-hybridized carbons (Fsp3) is 0.432. The van der Waals surface area contributed by atoms with Gasteiger partial charge in [0.2, 0.25) is 5.88 Å². The van der Waals surface area contributed by atoms with Crippen molar-refractivity contribution in [2.45, 2.75) is 83.0 Å². The molecule has 48 heavy (non-hydrogen) atoms. The first-order valence-corrected chi connectivity index (χ1v) is 16.9. The molecular formula is C37H40ClF2N3O5. The van der Waals surface area contributed by atoms with E-state index in [1.54, 1.807) is 6.20 Å². The number of carbonyl (C=O) groups is 2. The summed E-state index contributed by atoms with van der Waals surface area (Å²) in [6.45, 7) is 2.73. The van der Waals surface area contributed by atoms with Crippen molar-refractivity contribution in [3.63, 3.8) is 0 Å². The Morgan fingerprint density at radius 1 is 1.00 bits per heavy atom. The van der Waals surface area contributed by atoms with Crippen molar-refractivity contribution in [2.75, 3.05) is 20.3 Å². The van der Waals surface area contributed by atoms with Crippen molar-refractivity contribution in [1.29, 1.82) is 0 Å². The van der Waals surface area contributed by atoms with E-state index in [1.807, 2.05) is 17.9 Å². The quantitative estimate of drug-likeness (QED) is 0.115. The highest BCUT2D eigenvalue weighted by Crippen LogP contribution is 2.40. The van der Waals surface area contributed by atoms with Crippen LogP contribution in [0.1, 0.15) is 67.2 Å². The molecule has 1 saturated heterocycles.